The van der Waals surface area contributed by atoms with Crippen LogP contribution >= 0.6 is 11.6 Å². The first kappa shape index (κ1) is 21.5. The van der Waals surface area contributed by atoms with Crippen LogP contribution in [0.15, 0.2) is 84.1 Å². The van der Waals surface area contributed by atoms with Gasteiger partial charge >= 0.3 is 0 Å². The van der Waals surface area contributed by atoms with Gasteiger partial charge < -0.3 is 10.6 Å². The molecule has 0 unspecified atom stereocenters. The molecule has 2 aliphatic rings. The lowest BCUT2D eigenvalue weighted by Gasteiger charge is -2.34. The molecule has 0 amide bonds. The number of anilines is 2. The molecular weight excluding hydrogens is 432 g/mol. The van der Waals surface area contributed by atoms with Gasteiger partial charge in [0, 0.05) is 33.8 Å². The molecule has 0 bridgehead atoms. The number of allylic oxidation sites excluding steroid dienone is 1. The number of fused-ring (bicyclic) bond motifs is 1. The number of benzene rings is 3. The van der Waals surface area contributed by atoms with E-state index in [0.717, 1.165) is 34.6 Å². The van der Waals surface area contributed by atoms with Gasteiger partial charge in [0.05, 0.1) is 17.4 Å². The molecule has 0 saturated heterocycles. The summed E-state index contributed by atoms with van der Waals surface area (Å²) in [5.74, 6) is 0.0703. The van der Waals surface area contributed by atoms with Gasteiger partial charge in [-0.25, -0.2) is 0 Å². The third kappa shape index (κ3) is 4.07. The Morgan fingerprint density at radius 3 is 2.39 bits per heavy atom. The highest BCUT2D eigenvalue weighted by atomic mass is 35.5. The Hall–Kier alpha value is -3.37. The summed E-state index contributed by atoms with van der Waals surface area (Å²) >= 11 is 6.57. The molecule has 5 rings (SSSR count). The van der Waals surface area contributed by atoms with Crippen LogP contribution in [-0.2, 0) is 4.79 Å². The number of rotatable bonds is 3. The fraction of sp³-hybridized carbons (Fsp3) is 0.214. The molecule has 1 heterocycles. The van der Waals surface area contributed by atoms with Crippen LogP contribution in [0, 0.1) is 5.41 Å². The summed E-state index contributed by atoms with van der Waals surface area (Å²) in [5, 5.41) is 7.67. The summed E-state index contributed by atoms with van der Waals surface area (Å²) < 4.78 is 0. The number of carbonyl (C=O) groups excluding carboxylic acids is 2. The minimum Gasteiger partial charge on any atom is -0.372 e. The fourth-order valence-corrected chi connectivity index (χ4v) is 5.03. The smallest absolute Gasteiger partial charge is 0.193 e. The number of halogens is 1. The third-order valence-electron chi connectivity index (χ3n) is 6.33. The van der Waals surface area contributed by atoms with Gasteiger partial charge in [0.2, 0.25) is 0 Å². The Morgan fingerprint density at radius 2 is 1.64 bits per heavy atom. The van der Waals surface area contributed by atoms with Crippen molar-refractivity contribution in [2.45, 2.75) is 32.7 Å². The van der Waals surface area contributed by atoms with Crippen molar-refractivity contribution in [3.63, 3.8) is 0 Å². The molecule has 4 nitrogen and oxygen atoms in total. The molecule has 0 fully saturated rings. The fourth-order valence-electron chi connectivity index (χ4n) is 4.78. The monoisotopic (exact) mass is 456 g/mol. The molecule has 0 radical (unpaired) electrons. The maximum Gasteiger partial charge on any atom is 0.193 e. The lowest BCUT2D eigenvalue weighted by Crippen LogP contribution is -2.31. The second kappa shape index (κ2) is 8.20. The standard InChI is InChI=1S/C28H25ClN2O2/c1-28(2)15-23-25(24(32)16-28)26(19-10-6-7-11-20(19)29)31-21-13-12-18(14-22(21)30-23)27(33)17-8-4-3-5-9-17/h3-14,26,30-31H,15-16H2,1-2H3/t26-/m1/s1. The molecule has 0 spiro atoms. The number of carbonyl (C=O) groups is 2. The highest BCUT2D eigenvalue weighted by molar-refractivity contribution is 6.31. The summed E-state index contributed by atoms with van der Waals surface area (Å²) in [6.45, 7) is 4.21. The van der Waals surface area contributed by atoms with Crippen molar-refractivity contribution >= 4 is 34.5 Å². The Kier molecular flexibility index (Phi) is 5.34. The number of hydrogen-bond acceptors (Lipinski definition) is 4. The topological polar surface area (TPSA) is 58.2 Å². The minimum absolute atomic E-state index is 0.0404. The molecule has 166 valence electrons. The van der Waals surface area contributed by atoms with Crippen LogP contribution in [0.3, 0.4) is 0 Å². The van der Waals surface area contributed by atoms with E-state index in [1.54, 1.807) is 0 Å². The van der Waals surface area contributed by atoms with E-state index in [9.17, 15) is 9.59 Å². The predicted molar refractivity (Wildman–Crippen MR) is 133 cm³/mol. The SMILES string of the molecule is CC1(C)CC(=O)C2=C(C1)Nc1cc(C(=O)c3ccccc3)ccc1N[C@@H]2c1ccccc1Cl. The molecule has 2 N–H and O–H groups in total. The van der Waals surface area contributed by atoms with Crippen LogP contribution in [0.1, 0.15) is 54.2 Å². The summed E-state index contributed by atoms with van der Waals surface area (Å²) in [5.41, 5.74) is 5.14. The zero-order chi connectivity index (χ0) is 23.2. The first-order chi connectivity index (χ1) is 15.8. The van der Waals surface area contributed by atoms with E-state index in [1.165, 1.54) is 0 Å². The van der Waals surface area contributed by atoms with Gasteiger partial charge in [-0.05, 0) is 41.7 Å². The van der Waals surface area contributed by atoms with Crippen molar-refractivity contribution in [3.05, 3.63) is 106 Å². The van der Waals surface area contributed by atoms with Crippen molar-refractivity contribution in [1.29, 1.82) is 0 Å². The number of Topliss-reactive ketones (excluding diaryl/α,β-unsaturated/α-hetero) is 1. The van der Waals surface area contributed by atoms with Crippen LogP contribution in [-0.4, -0.2) is 11.6 Å². The van der Waals surface area contributed by atoms with E-state index in [1.807, 2.05) is 72.8 Å². The Morgan fingerprint density at radius 1 is 0.909 bits per heavy atom. The number of ketones is 2. The van der Waals surface area contributed by atoms with Crippen LogP contribution in [0.5, 0.6) is 0 Å². The van der Waals surface area contributed by atoms with Gasteiger partial charge in [-0.15, -0.1) is 0 Å². The highest BCUT2D eigenvalue weighted by Crippen LogP contribution is 2.46. The first-order valence-corrected chi connectivity index (χ1v) is 11.5. The van der Waals surface area contributed by atoms with Gasteiger partial charge in [0.1, 0.15) is 0 Å². The van der Waals surface area contributed by atoms with E-state index < -0.39 is 0 Å². The molecule has 1 atom stereocenters. The lowest BCUT2D eigenvalue weighted by atomic mass is 9.73. The number of nitrogens with one attached hydrogen (secondary N) is 2. The molecule has 0 aromatic heterocycles. The van der Waals surface area contributed by atoms with Crippen LogP contribution in [0.2, 0.25) is 5.02 Å². The molecular formula is C28H25ClN2O2. The maximum atomic E-state index is 13.4. The van der Waals surface area contributed by atoms with Crippen molar-refractivity contribution in [2.75, 3.05) is 10.6 Å². The zero-order valence-corrected chi connectivity index (χ0v) is 19.4. The summed E-state index contributed by atoms with van der Waals surface area (Å²) in [6.07, 6.45) is 1.21. The van der Waals surface area contributed by atoms with Crippen LogP contribution < -0.4 is 10.6 Å². The Bertz CT molecular complexity index is 1290. The van der Waals surface area contributed by atoms with Crippen molar-refractivity contribution < 1.29 is 9.59 Å². The molecule has 0 saturated carbocycles. The lowest BCUT2D eigenvalue weighted by molar-refractivity contribution is -0.118. The molecule has 3 aromatic carbocycles. The van der Waals surface area contributed by atoms with E-state index >= 15 is 0 Å². The summed E-state index contributed by atoms with van der Waals surface area (Å²) in [6, 6.07) is 22.1. The van der Waals surface area contributed by atoms with E-state index in [2.05, 4.69) is 24.5 Å². The van der Waals surface area contributed by atoms with Crippen molar-refractivity contribution in [1.82, 2.24) is 0 Å². The van der Waals surface area contributed by atoms with Crippen LogP contribution in [0.4, 0.5) is 11.4 Å². The molecule has 3 aromatic rings. The van der Waals surface area contributed by atoms with Crippen molar-refractivity contribution in [3.8, 4) is 0 Å². The van der Waals surface area contributed by atoms with E-state index in [4.69, 9.17) is 11.6 Å². The quantitative estimate of drug-likeness (QED) is 0.426. The van der Waals surface area contributed by atoms with Gasteiger partial charge in [-0.2, -0.15) is 0 Å². The Balaban J connectivity index is 1.63. The zero-order valence-electron chi connectivity index (χ0n) is 18.6. The molecule has 1 aliphatic carbocycles. The second-order valence-corrected chi connectivity index (χ2v) is 9.92. The molecule has 33 heavy (non-hydrogen) atoms. The molecule has 1 aliphatic heterocycles. The van der Waals surface area contributed by atoms with Gasteiger partial charge in [0.25, 0.3) is 0 Å². The first-order valence-electron chi connectivity index (χ1n) is 11.1. The van der Waals surface area contributed by atoms with Gasteiger partial charge in [-0.3, -0.25) is 9.59 Å². The van der Waals surface area contributed by atoms with Gasteiger partial charge in [0.15, 0.2) is 11.6 Å². The predicted octanol–water partition coefficient (Wildman–Crippen LogP) is 6.79. The Labute approximate surface area is 198 Å². The highest BCUT2D eigenvalue weighted by Gasteiger charge is 2.39. The third-order valence-corrected chi connectivity index (χ3v) is 6.67. The maximum absolute atomic E-state index is 13.4. The minimum atomic E-state index is -0.373. The van der Waals surface area contributed by atoms with Crippen molar-refractivity contribution in [2.24, 2.45) is 5.41 Å². The summed E-state index contributed by atoms with van der Waals surface area (Å²) in [7, 11) is 0. The normalized spacial score (nSPS) is 19.0. The molecule has 5 heteroatoms. The summed E-state index contributed by atoms with van der Waals surface area (Å²) in [4.78, 5) is 26.4. The van der Waals surface area contributed by atoms with Crippen LogP contribution in [0.25, 0.3) is 0 Å². The average Bonchev–Trinajstić information content (AvgIpc) is 2.94. The largest absolute Gasteiger partial charge is 0.372 e. The van der Waals surface area contributed by atoms with Gasteiger partial charge in [-0.1, -0.05) is 74.0 Å². The van der Waals surface area contributed by atoms with E-state index in [0.29, 0.717) is 22.6 Å². The second-order valence-electron chi connectivity index (χ2n) is 9.51. The van der Waals surface area contributed by atoms with E-state index in [-0.39, 0.29) is 23.0 Å². The number of hydrogen-bond donors (Lipinski definition) is 2. The average molecular weight is 457 g/mol.